The largest absolute Gasteiger partial charge is 0.497 e. The molecular formula is C21H18N4O7S3. The lowest BCUT2D eigenvalue weighted by atomic mass is 10.1. The van der Waals surface area contributed by atoms with Crippen molar-refractivity contribution >= 4 is 59.1 Å². The Morgan fingerprint density at radius 3 is 2.26 bits per heavy atom. The Kier molecular flexibility index (Phi) is 6.53. The number of hydrogen-bond donors (Lipinski definition) is 1. The van der Waals surface area contributed by atoms with E-state index in [2.05, 4.69) is 10.1 Å². The van der Waals surface area contributed by atoms with Crippen molar-refractivity contribution in [2.45, 2.75) is 11.8 Å². The minimum absolute atomic E-state index is 0.00309. The Morgan fingerprint density at radius 2 is 1.66 bits per heavy atom. The van der Waals surface area contributed by atoms with Crippen LogP contribution in [-0.4, -0.2) is 56.0 Å². The van der Waals surface area contributed by atoms with Crippen molar-refractivity contribution in [1.29, 1.82) is 5.41 Å². The number of thioether (sulfide) groups is 1. The first-order valence-electron chi connectivity index (χ1n) is 9.95. The van der Waals surface area contributed by atoms with Gasteiger partial charge in [-0.05, 0) is 59.8 Å². The lowest BCUT2D eigenvalue weighted by Crippen LogP contribution is -2.35. The van der Waals surface area contributed by atoms with Gasteiger partial charge >= 0.3 is 10.1 Å². The second kappa shape index (κ2) is 9.28. The Labute approximate surface area is 205 Å². The number of fused-ring (bicyclic) bond motifs is 1. The Morgan fingerprint density at radius 1 is 1.03 bits per heavy atom. The van der Waals surface area contributed by atoms with Crippen LogP contribution in [0.3, 0.4) is 0 Å². The van der Waals surface area contributed by atoms with Crippen LogP contribution in [0.4, 0.5) is 0 Å². The van der Waals surface area contributed by atoms with Crippen LogP contribution < -0.4 is 8.92 Å². The number of ether oxygens (including phenoxy) is 1. The number of aliphatic imine (C=N–C) groups is 1. The highest BCUT2D eigenvalue weighted by Crippen LogP contribution is 2.30. The summed E-state index contributed by atoms with van der Waals surface area (Å²) in [5.41, 5.74) is 0.357. The first-order valence-corrected chi connectivity index (χ1v) is 13.8. The Bertz CT molecular complexity index is 1510. The molecule has 0 unspecified atom stereocenters. The predicted molar refractivity (Wildman–Crippen MR) is 132 cm³/mol. The molecule has 0 saturated heterocycles. The molecule has 4 rings (SSSR count). The maximum absolute atomic E-state index is 12.5. The fourth-order valence-corrected chi connectivity index (χ4v) is 6.02. The van der Waals surface area contributed by atoms with Crippen LogP contribution in [0, 0.1) is 5.41 Å². The molecule has 1 amide bonds. The number of methoxy groups -OCH3 is 1. The van der Waals surface area contributed by atoms with Gasteiger partial charge < -0.3 is 8.92 Å². The number of rotatable bonds is 6. The van der Waals surface area contributed by atoms with E-state index in [1.807, 2.05) is 0 Å². The molecule has 2 aromatic rings. The molecule has 2 heterocycles. The van der Waals surface area contributed by atoms with Gasteiger partial charge in [0.1, 0.15) is 16.4 Å². The van der Waals surface area contributed by atoms with Gasteiger partial charge in [-0.15, -0.1) is 5.10 Å². The van der Waals surface area contributed by atoms with E-state index in [1.54, 1.807) is 0 Å². The zero-order valence-electron chi connectivity index (χ0n) is 18.3. The van der Waals surface area contributed by atoms with Crippen LogP contribution in [0.2, 0.25) is 0 Å². The van der Waals surface area contributed by atoms with E-state index >= 15 is 0 Å². The summed E-state index contributed by atoms with van der Waals surface area (Å²) < 4.78 is 59.1. The van der Waals surface area contributed by atoms with Crippen LogP contribution in [0.1, 0.15) is 12.5 Å². The van der Waals surface area contributed by atoms with Crippen LogP contribution >= 0.6 is 11.8 Å². The molecule has 0 spiro atoms. The van der Waals surface area contributed by atoms with Crippen LogP contribution in [-0.2, 0) is 24.7 Å². The number of nitrogens with zero attached hydrogens (tertiary/aromatic N) is 3. The summed E-state index contributed by atoms with van der Waals surface area (Å²) in [5, 5.41) is 13.2. The Balaban J connectivity index is 1.54. The number of hydrazone groups is 1. The molecule has 0 saturated carbocycles. The van der Waals surface area contributed by atoms with Crippen LogP contribution in [0.15, 0.2) is 69.1 Å². The maximum atomic E-state index is 12.5. The van der Waals surface area contributed by atoms with Gasteiger partial charge in [0, 0.05) is 0 Å². The van der Waals surface area contributed by atoms with Crippen molar-refractivity contribution in [3.63, 3.8) is 0 Å². The third-order valence-corrected chi connectivity index (χ3v) is 9.18. The van der Waals surface area contributed by atoms with Gasteiger partial charge in [-0.1, -0.05) is 19.1 Å². The number of amides is 1. The second-order valence-corrected chi connectivity index (χ2v) is 12.0. The zero-order chi connectivity index (χ0) is 25.4. The topological polar surface area (TPSA) is 156 Å². The van der Waals surface area contributed by atoms with Gasteiger partial charge in [0.05, 0.1) is 18.4 Å². The summed E-state index contributed by atoms with van der Waals surface area (Å²) in [6.45, 7) is 1.47. The SMILES string of the molecule is CCS(=O)(=O)C1=NN2C(=N)/C(=C\c3ccc(OS(=O)(=O)c4ccc(OC)cc4)cc3)C(=O)N=C2S1. The molecule has 35 heavy (non-hydrogen) atoms. The van der Waals surface area contributed by atoms with E-state index in [1.165, 1.54) is 68.6 Å². The van der Waals surface area contributed by atoms with E-state index in [4.69, 9.17) is 14.3 Å². The zero-order valence-corrected chi connectivity index (χ0v) is 20.8. The highest BCUT2D eigenvalue weighted by atomic mass is 32.3. The molecule has 0 aliphatic carbocycles. The maximum Gasteiger partial charge on any atom is 0.339 e. The average molecular weight is 535 g/mol. The van der Waals surface area contributed by atoms with Crippen LogP contribution in [0.5, 0.6) is 11.5 Å². The molecule has 2 aromatic carbocycles. The Hall–Kier alpha value is -3.49. The first kappa shape index (κ1) is 24.6. The minimum Gasteiger partial charge on any atom is -0.497 e. The third kappa shape index (κ3) is 4.99. The number of carbonyl (C=O) groups is 1. The molecule has 0 radical (unpaired) electrons. The lowest BCUT2D eigenvalue weighted by molar-refractivity contribution is -0.114. The van der Waals surface area contributed by atoms with Gasteiger partial charge in [0.15, 0.2) is 5.84 Å². The lowest BCUT2D eigenvalue weighted by Gasteiger charge is -2.20. The van der Waals surface area contributed by atoms with Gasteiger partial charge in [-0.2, -0.15) is 18.4 Å². The van der Waals surface area contributed by atoms with Gasteiger partial charge in [0.25, 0.3) is 5.91 Å². The van der Waals surface area contributed by atoms with Crippen molar-refractivity contribution in [1.82, 2.24) is 5.01 Å². The van der Waals surface area contributed by atoms with Crippen LogP contribution in [0.25, 0.3) is 6.08 Å². The van der Waals surface area contributed by atoms with E-state index in [0.29, 0.717) is 11.3 Å². The molecule has 182 valence electrons. The standard InChI is InChI=1S/C21H18N4O7S3/c1-3-34(27,28)21-24-25-18(22)17(19(26)23-20(25)33-21)12-13-4-6-15(7-5-13)32-35(29,30)16-10-8-14(31-2)9-11-16/h4-12,22H,3H2,1-2H3/b17-12+,22-18?. The van der Waals surface area contributed by atoms with Crippen molar-refractivity contribution < 1.29 is 30.6 Å². The summed E-state index contributed by atoms with van der Waals surface area (Å²) in [6.07, 6.45) is 1.37. The van der Waals surface area contributed by atoms with Crippen molar-refractivity contribution in [3.8, 4) is 11.5 Å². The number of hydrogen-bond acceptors (Lipinski definition) is 10. The molecule has 0 aromatic heterocycles. The van der Waals surface area contributed by atoms with Crippen molar-refractivity contribution in [3.05, 3.63) is 59.7 Å². The summed E-state index contributed by atoms with van der Waals surface area (Å²) in [5.74, 6) is -0.671. The quantitative estimate of drug-likeness (QED) is 0.434. The number of sulfone groups is 1. The average Bonchev–Trinajstić information content (AvgIpc) is 3.28. The highest BCUT2D eigenvalue weighted by molar-refractivity contribution is 8.42. The summed E-state index contributed by atoms with van der Waals surface area (Å²) in [4.78, 5) is 16.3. The molecule has 2 aliphatic heterocycles. The minimum atomic E-state index is -4.08. The van der Waals surface area contributed by atoms with E-state index in [-0.39, 0.29) is 37.3 Å². The number of amidine groups is 2. The first-order chi connectivity index (χ1) is 16.5. The molecule has 2 aliphatic rings. The molecule has 11 nitrogen and oxygen atoms in total. The summed E-state index contributed by atoms with van der Waals surface area (Å²) in [6, 6.07) is 11.5. The fraction of sp³-hybridized carbons (Fsp3) is 0.143. The summed E-state index contributed by atoms with van der Waals surface area (Å²) in [7, 11) is -6.23. The third-order valence-electron chi connectivity index (χ3n) is 4.83. The van der Waals surface area contributed by atoms with Crippen molar-refractivity contribution in [2.24, 2.45) is 10.1 Å². The van der Waals surface area contributed by atoms with E-state index in [9.17, 15) is 21.6 Å². The highest BCUT2D eigenvalue weighted by Gasteiger charge is 2.39. The van der Waals surface area contributed by atoms with Gasteiger partial charge in [0.2, 0.25) is 19.4 Å². The number of carbonyl (C=O) groups excluding carboxylic acids is 1. The monoisotopic (exact) mass is 534 g/mol. The predicted octanol–water partition coefficient (Wildman–Crippen LogP) is 2.47. The van der Waals surface area contributed by atoms with Crippen molar-refractivity contribution in [2.75, 3.05) is 12.9 Å². The number of benzene rings is 2. The van der Waals surface area contributed by atoms with E-state index < -0.39 is 25.9 Å². The number of nitrogens with one attached hydrogen (secondary N) is 1. The smallest absolute Gasteiger partial charge is 0.339 e. The molecule has 14 heteroatoms. The summed E-state index contributed by atoms with van der Waals surface area (Å²) >= 11 is 0.718. The second-order valence-electron chi connectivity index (χ2n) is 7.07. The molecule has 1 N–H and O–H groups in total. The van der Waals surface area contributed by atoms with E-state index in [0.717, 1.165) is 16.8 Å². The molecule has 0 bridgehead atoms. The molecule has 0 atom stereocenters. The van der Waals surface area contributed by atoms with Gasteiger partial charge in [-0.25, -0.2) is 8.42 Å². The van der Waals surface area contributed by atoms with Gasteiger partial charge in [-0.3, -0.25) is 10.2 Å². The molecular weight excluding hydrogens is 516 g/mol. The normalized spacial score (nSPS) is 17.2. The molecule has 0 fully saturated rings. The fourth-order valence-electron chi connectivity index (χ4n) is 2.93.